The quantitative estimate of drug-likeness (QED) is 0.601. The van der Waals surface area contributed by atoms with Crippen LogP contribution < -0.4 is 5.32 Å². The third-order valence-electron chi connectivity index (χ3n) is 3.28. The molecule has 2 unspecified atom stereocenters. The summed E-state index contributed by atoms with van der Waals surface area (Å²) in [5.74, 6) is -0.185. The van der Waals surface area contributed by atoms with Gasteiger partial charge in [0, 0.05) is 12.6 Å². The van der Waals surface area contributed by atoms with Crippen LogP contribution in [-0.4, -0.2) is 27.5 Å². The number of phenols is 2. The van der Waals surface area contributed by atoms with Crippen LogP contribution in [0.2, 0.25) is 0 Å². The molecule has 1 aromatic carbocycles. The number of aliphatic hydroxyl groups is 1. The average Bonchev–Trinajstić information content (AvgIpc) is 2.31. The minimum atomic E-state index is -0.186. The van der Waals surface area contributed by atoms with Crippen LogP contribution in [0.5, 0.6) is 11.5 Å². The molecule has 0 saturated heterocycles. The summed E-state index contributed by atoms with van der Waals surface area (Å²) in [6.07, 6.45) is 3.65. The number of hydrogen-bond donors (Lipinski definition) is 4. The van der Waals surface area contributed by atoms with E-state index in [9.17, 15) is 15.3 Å². The molecule has 0 amide bonds. The molecule has 4 heteroatoms. The number of benzene rings is 1. The van der Waals surface area contributed by atoms with E-state index in [1.807, 2.05) is 0 Å². The normalized spacial score (nSPS) is 24.8. The second kappa shape index (κ2) is 5.38. The number of aliphatic hydroxyl groups excluding tert-OH is 1. The molecule has 4 N–H and O–H groups in total. The molecular weight excluding hydrogens is 218 g/mol. The van der Waals surface area contributed by atoms with Crippen molar-refractivity contribution in [1.82, 2.24) is 5.32 Å². The molecular formula is C13H19NO3. The molecule has 2 rings (SSSR count). The molecule has 2 atom stereocenters. The first-order valence-electron chi connectivity index (χ1n) is 6.07. The summed E-state index contributed by atoms with van der Waals surface area (Å²) >= 11 is 0. The van der Waals surface area contributed by atoms with E-state index < -0.39 is 0 Å². The molecule has 17 heavy (non-hydrogen) atoms. The summed E-state index contributed by atoms with van der Waals surface area (Å²) in [6, 6.07) is 5.17. The molecule has 0 aliphatic heterocycles. The van der Waals surface area contributed by atoms with Gasteiger partial charge in [0.2, 0.25) is 0 Å². The molecule has 0 aromatic heterocycles. The monoisotopic (exact) mass is 237 g/mol. The van der Waals surface area contributed by atoms with Crippen LogP contribution in [0, 0.1) is 0 Å². The third-order valence-corrected chi connectivity index (χ3v) is 3.28. The van der Waals surface area contributed by atoms with Crippen molar-refractivity contribution in [3.63, 3.8) is 0 Å². The van der Waals surface area contributed by atoms with E-state index in [1.54, 1.807) is 12.1 Å². The average molecular weight is 237 g/mol. The first-order chi connectivity index (χ1) is 8.15. The van der Waals surface area contributed by atoms with Gasteiger partial charge >= 0.3 is 0 Å². The Balaban J connectivity index is 1.86. The largest absolute Gasteiger partial charge is 0.504 e. The SMILES string of the molecule is Oc1ccc(CNC2CCCC(O)C2)cc1O. The summed E-state index contributed by atoms with van der Waals surface area (Å²) in [4.78, 5) is 0. The fourth-order valence-electron chi connectivity index (χ4n) is 2.29. The lowest BCUT2D eigenvalue weighted by Crippen LogP contribution is -2.35. The summed E-state index contributed by atoms with van der Waals surface area (Å²) in [7, 11) is 0. The van der Waals surface area contributed by atoms with Gasteiger partial charge in [-0.3, -0.25) is 0 Å². The van der Waals surface area contributed by atoms with Crippen molar-refractivity contribution < 1.29 is 15.3 Å². The predicted molar refractivity (Wildman–Crippen MR) is 64.9 cm³/mol. The summed E-state index contributed by atoms with van der Waals surface area (Å²) in [6.45, 7) is 0.644. The highest BCUT2D eigenvalue weighted by atomic mass is 16.3. The van der Waals surface area contributed by atoms with Crippen LogP contribution in [0.1, 0.15) is 31.2 Å². The maximum Gasteiger partial charge on any atom is 0.157 e. The third kappa shape index (κ3) is 3.35. The molecule has 94 valence electrons. The van der Waals surface area contributed by atoms with Crippen LogP contribution in [0.3, 0.4) is 0 Å². The van der Waals surface area contributed by atoms with E-state index in [0.717, 1.165) is 31.2 Å². The Hall–Kier alpha value is -1.26. The highest BCUT2D eigenvalue weighted by Crippen LogP contribution is 2.25. The summed E-state index contributed by atoms with van der Waals surface area (Å²) in [5, 5.41) is 31.5. The van der Waals surface area contributed by atoms with Crippen molar-refractivity contribution in [3.8, 4) is 11.5 Å². The zero-order valence-corrected chi connectivity index (χ0v) is 9.76. The summed E-state index contributed by atoms with van der Waals surface area (Å²) in [5.41, 5.74) is 0.931. The molecule has 0 heterocycles. The fourth-order valence-corrected chi connectivity index (χ4v) is 2.29. The molecule has 1 saturated carbocycles. The van der Waals surface area contributed by atoms with E-state index in [1.165, 1.54) is 6.07 Å². The smallest absolute Gasteiger partial charge is 0.157 e. The minimum absolute atomic E-state index is 0.0898. The Labute approximate surface area is 101 Å². The number of nitrogens with one attached hydrogen (secondary N) is 1. The second-order valence-corrected chi connectivity index (χ2v) is 4.72. The van der Waals surface area contributed by atoms with Crippen molar-refractivity contribution in [3.05, 3.63) is 23.8 Å². The van der Waals surface area contributed by atoms with Gasteiger partial charge < -0.3 is 20.6 Å². The molecule has 0 bridgehead atoms. The minimum Gasteiger partial charge on any atom is -0.504 e. The van der Waals surface area contributed by atoms with Gasteiger partial charge in [0.15, 0.2) is 11.5 Å². The van der Waals surface area contributed by atoms with E-state index in [-0.39, 0.29) is 17.6 Å². The van der Waals surface area contributed by atoms with Gasteiger partial charge in [-0.2, -0.15) is 0 Å². The van der Waals surface area contributed by atoms with Crippen molar-refractivity contribution in [1.29, 1.82) is 0 Å². The molecule has 1 aliphatic rings. The lowest BCUT2D eigenvalue weighted by atomic mass is 9.93. The van der Waals surface area contributed by atoms with Crippen molar-refractivity contribution in [2.75, 3.05) is 0 Å². The van der Waals surface area contributed by atoms with Gasteiger partial charge in [0.25, 0.3) is 0 Å². The highest BCUT2D eigenvalue weighted by Gasteiger charge is 2.19. The van der Waals surface area contributed by atoms with Gasteiger partial charge in [-0.1, -0.05) is 6.07 Å². The molecule has 0 radical (unpaired) electrons. The Morgan fingerprint density at radius 3 is 2.71 bits per heavy atom. The van der Waals surface area contributed by atoms with Crippen LogP contribution in [-0.2, 0) is 6.54 Å². The highest BCUT2D eigenvalue weighted by molar-refractivity contribution is 5.40. The molecule has 1 fully saturated rings. The lowest BCUT2D eigenvalue weighted by Gasteiger charge is -2.26. The number of hydrogen-bond acceptors (Lipinski definition) is 4. The van der Waals surface area contributed by atoms with Gasteiger partial charge in [-0.05, 0) is 43.4 Å². The van der Waals surface area contributed by atoms with Crippen LogP contribution in [0.15, 0.2) is 18.2 Å². The summed E-state index contributed by atoms with van der Waals surface area (Å²) < 4.78 is 0. The topological polar surface area (TPSA) is 72.7 Å². The number of phenolic OH excluding ortho intramolecular Hbond substituents is 2. The van der Waals surface area contributed by atoms with Crippen molar-refractivity contribution in [2.24, 2.45) is 0 Å². The maximum atomic E-state index is 9.54. The Morgan fingerprint density at radius 1 is 1.18 bits per heavy atom. The Morgan fingerprint density at radius 2 is 2.00 bits per heavy atom. The first kappa shape index (κ1) is 12.2. The molecule has 0 spiro atoms. The first-order valence-corrected chi connectivity index (χ1v) is 6.07. The lowest BCUT2D eigenvalue weighted by molar-refractivity contribution is 0.111. The van der Waals surface area contributed by atoms with E-state index >= 15 is 0 Å². The molecule has 1 aliphatic carbocycles. The Bertz CT molecular complexity index is 381. The van der Waals surface area contributed by atoms with E-state index in [2.05, 4.69) is 5.32 Å². The Kier molecular flexibility index (Phi) is 3.86. The number of rotatable bonds is 3. The molecule has 1 aromatic rings. The van der Waals surface area contributed by atoms with Crippen molar-refractivity contribution >= 4 is 0 Å². The fraction of sp³-hybridized carbons (Fsp3) is 0.538. The standard InChI is InChI=1S/C13H19NO3/c15-11-3-1-2-10(7-11)14-8-9-4-5-12(16)13(17)6-9/h4-6,10-11,14-17H,1-3,7-8H2. The van der Waals surface area contributed by atoms with Crippen molar-refractivity contribution in [2.45, 2.75) is 44.4 Å². The zero-order chi connectivity index (χ0) is 12.3. The van der Waals surface area contributed by atoms with E-state index in [0.29, 0.717) is 12.6 Å². The van der Waals surface area contributed by atoms with Gasteiger partial charge in [0.05, 0.1) is 6.10 Å². The van der Waals surface area contributed by atoms with Crippen LogP contribution in [0.4, 0.5) is 0 Å². The van der Waals surface area contributed by atoms with Crippen LogP contribution in [0.25, 0.3) is 0 Å². The second-order valence-electron chi connectivity index (χ2n) is 4.72. The number of aromatic hydroxyl groups is 2. The van der Waals surface area contributed by atoms with Crippen LogP contribution >= 0.6 is 0 Å². The van der Waals surface area contributed by atoms with Gasteiger partial charge in [-0.25, -0.2) is 0 Å². The van der Waals surface area contributed by atoms with Gasteiger partial charge in [0.1, 0.15) is 0 Å². The zero-order valence-electron chi connectivity index (χ0n) is 9.76. The predicted octanol–water partition coefficient (Wildman–Crippen LogP) is 1.49. The van der Waals surface area contributed by atoms with E-state index in [4.69, 9.17) is 0 Å². The molecule has 4 nitrogen and oxygen atoms in total. The van der Waals surface area contributed by atoms with Gasteiger partial charge in [-0.15, -0.1) is 0 Å². The maximum absolute atomic E-state index is 9.54.